The van der Waals surface area contributed by atoms with Crippen molar-refractivity contribution in [3.63, 3.8) is 0 Å². The second-order valence-corrected chi connectivity index (χ2v) is 8.06. The average molecular weight is 364 g/mol. The maximum absolute atomic E-state index is 13.0. The van der Waals surface area contributed by atoms with Gasteiger partial charge >= 0.3 is 0 Å². The number of hydrogen-bond donors (Lipinski definition) is 1. The number of anilines is 1. The molecule has 1 aliphatic rings. The summed E-state index contributed by atoms with van der Waals surface area (Å²) in [6.07, 6.45) is 0.204. The molecule has 0 saturated carbocycles. The molecular formula is C18H24N2O4S. The van der Waals surface area contributed by atoms with Crippen LogP contribution in [-0.2, 0) is 14.4 Å². The van der Waals surface area contributed by atoms with Crippen molar-refractivity contribution in [2.75, 3.05) is 24.3 Å². The van der Waals surface area contributed by atoms with Crippen LogP contribution < -0.4 is 15.0 Å². The topological polar surface area (TPSA) is 75.7 Å². The monoisotopic (exact) mass is 364 g/mol. The second kappa shape index (κ2) is 7.91. The molecule has 1 atom stereocenters. The van der Waals surface area contributed by atoms with Crippen molar-refractivity contribution in [2.45, 2.75) is 32.7 Å². The molecule has 1 saturated heterocycles. The van der Waals surface area contributed by atoms with Gasteiger partial charge in [0.1, 0.15) is 12.3 Å². The van der Waals surface area contributed by atoms with Crippen LogP contribution in [0.4, 0.5) is 5.69 Å². The Morgan fingerprint density at radius 1 is 1.32 bits per heavy atom. The molecule has 2 amide bonds. The molecule has 1 N–H and O–H groups in total. The van der Waals surface area contributed by atoms with E-state index >= 15 is 0 Å². The summed E-state index contributed by atoms with van der Waals surface area (Å²) in [6, 6.07) is 7.07. The Balaban J connectivity index is 2.29. The first-order chi connectivity index (χ1) is 11.7. The number of thioether (sulfide) groups is 1. The van der Waals surface area contributed by atoms with E-state index in [1.165, 1.54) is 23.8 Å². The zero-order valence-electron chi connectivity index (χ0n) is 15.0. The molecule has 1 fully saturated rings. The molecule has 0 unspecified atom stereocenters. The molecule has 2 rings (SSSR count). The molecule has 1 aromatic rings. The SMILES string of the molecule is COc1ccccc1N(CC(=O)NC(C)(C)C)C(=O)[C@@H]1CSC(=O)C1. The van der Waals surface area contributed by atoms with Gasteiger partial charge in [-0.3, -0.25) is 19.3 Å². The maximum Gasteiger partial charge on any atom is 0.240 e. The summed E-state index contributed by atoms with van der Waals surface area (Å²) in [5.74, 6) is 0.0568. The molecular weight excluding hydrogens is 340 g/mol. The Morgan fingerprint density at radius 2 is 2.00 bits per heavy atom. The number of para-hydroxylation sites is 2. The molecule has 25 heavy (non-hydrogen) atoms. The number of carbonyl (C=O) groups is 3. The van der Waals surface area contributed by atoms with E-state index in [0.717, 1.165) is 0 Å². The smallest absolute Gasteiger partial charge is 0.240 e. The molecule has 136 valence electrons. The number of nitrogens with one attached hydrogen (secondary N) is 1. The number of amides is 2. The van der Waals surface area contributed by atoms with Gasteiger partial charge in [-0.15, -0.1) is 0 Å². The molecule has 1 aliphatic heterocycles. The highest BCUT2D eigenvalue weighted by molar-refractivity contribution is 8.14. The first-order valence-corrected chi connectivity index (χ1v) is 9.11. The summed E-state index contributed by atoms with van der Waals surface area (Å²) in [7, 11) is 1.52. The van der Waals surface area contributed by atoms with Crippen LogP contribution in [0.2, 0.25) is 0 Å². The van der Waals surface area contributed by atoms with E-state index in [9.17, 15) is 14.4 Å². The molecule has 0 bridgehead atoms. The summed E-state index contributed by atoms with van der Waals surface area (Å²) < 4.78 is 5.34. The van der Waals surface area contributed by atoms with Gasteiger partial charge in [-0.1, -0.05) is 23.9 Å². The summed E-state index contributed by atoms with van der Waals surface area (Å²) in [6.45, 7) is 5.52. The number of nitrogens with zero attached hydrogens (tertiary/aromatic N) is 1. The Hall–Kier alpha value is -2.02. The Labute approximate surface area is 152 Å². The fraction of sp³-hybridized carbons (Fsp3) is 0.500. The molecule has 1 heterocycles. The predicted octanol–water partition coefficient (Wildman–Crippen LogP) is 2.22. The van der Waals surface area contributed by atoms with E-state index < -0.39 is 11.5 Å². The van der Waals surface area contributed by atoms with Crippen molar-refractivity contribution in [1.29, 1.82) is 0 Å². The van der Waals surface area contributed by atoms with Gasteiger partial charge in [0.25, 0.3) is 0 Å². The third-order valence-corrected chi connectivity index (χ3v) is 4.72. The highest BCUT2D eigenvalue weighted by Gasteiger charge is 2.34. The van der Waals surface area contributed by atoms with Gasteiger partial charge in [0, 0.05) is 17.7 Å². The number of carbonyl (C=O) groups excluding carboxylic acids is 3. The maximum atomic E-state index is 13.0. The van der Waals surface area contributed by atoms with Crippen molar-refractivity contribution in [3.8, 4) is 5.75 Å². The van der Waals surface area contributed by atoms with E-state index in [0.29, 0.717) is 17.2 Å². The van der Waals surface area contributed by atoms with Crippen LogP contribution in [0.5, 0.6) is 5.75 Å². The zero-order chi connectivity index (χ0) is 18.6. The number of methoxy groups -OCH3 is 1. The van der Waals surface area contributed by atoms with Crippen LogP contribution in [-0.4, -0.2) is 41.9 Å². The lowest BCUT2D eigenvalue weighted by molar-refractivity contribution is -0.126. The van der Waals surface area contributed by atoms with Crippen LogP contribution >= 0.6 is 11.8 Å². The fourth-order valence-corrected chi connectivity index (χ4v) is 3.59. The van der Waals surface area contributed by atoms with E-state index in [4.69, 9.17) is 4.74 Å². The van der Waals surface area contributed by atoms with Crippen LogP contribution in [0.3, 0.4) is 0 Å². The average Bonchev–Trinajstić information content (AvgIpc) is 2.97. The molecule has 7 heteroatoms. The molecule has 0 aliphatic carbocycles. The molecule has 1 aromatic carbocycles. The van der Waals surface area contributed by atoms with Gasteiger partial charge in [0.15, 0.2) is 5.12 Å². The number of ether oxygens (including phenoxy) is 1. The van der Waals surface area contributed by atoms with Crippen LogP contribution in [0.15, 0.2) is 24.3 Å². The van der Waals surface area contributed by atoms with Crippen molar-refractivity contribution in [2.24, 2.45) is 5.92 Å². The van der Waals surface area contributed by atoms with Crippen LogP contribution in [0.1, 0.15) is 27.2 Å². The van der Waals surface area contributed by atoms with Crippen LogP contribution in [0, 0.1) is 5.92 Å². The van der Waals surface area contributed by atoms with Gasteiger partial charge in [-0.2, -0.15) is 0 Å². The van der Waals surface area contributed by atoms with Gasteiger partial charge in [0.2, 0.25) is 11.8 Å². The number of benzene rings is 1. The van der Waals surface area contributed by atoms with E-state index in [-0.39, 0.29) is 29.9 Å². The highest BCUT2D eigenvalue weighted by atomic mass is 32.2. The first-order valence-electron chi connectivity index (χ1n) is 8.12. The van der Waals surface area contributed by atoms with E-state index in [2.05, 4.69) is 5.32 Å². The molecule has 0 radical (unpaired) electrons. The highest BCUT2D eigenvalue weighted by Crippen LogP contribution is 2.32. The Morgan fingerprint density at radius 3 is 2.56 bits per heavy atom. The minimum Gasteiger partial charge on any atom is -0.495 e. The summed E-state index contributed by atoms with van der Waals surface area (Å²) >= 11 is 1.17. The predicted molar refractivity (Wildman–Crippen MR) is 98.8 cm³/mol. The molecule has 6 nitrogen and oxygen atoms in total. The summed E-state index contributed by atoms with van der Waals surface area (Å²) in [5, 5.41) is 2.88. The van der Waals surface area contributed by atoms with Crippen LogP contribution in [0.25, 0.3) is 0 Å². The van der Waals surface area contributed by atoms with Crippen molar-refractivity contribution < 1.29 is 19.1 Å². The van der Waals surface area contributed by atoms with Gasteiger partial charge in [-0.05, 0) is 32.9 Å². The lowest BCUT2D eigenvalue weighted by atomic mass is 10.1. The standard InChI is InChI=1S/C18H24N2O4S/c1-18(2,3)19-15(21)10-20(13-7-5-6-8-14(13)24-4)17(23)12-9-16(22)25-11-12/h5-8,12H,9-11H2,1-4H3,(H,19,21)/t12-/m0/s1. The normalized spacial score (nSPS) is 17.3. The van der Waals surface area contributed by atoms with Gasteiger partial charge in [0.05, 0.1) is 18.7 Å². The Bertz CT molecular complexity index is 669. The van der Waals surface area contributed by atoms with E-state index in [1.54, 1.807) is 24.3 Å². The lowest BCUT2D eigenvalue weighted by Gasteiger charge is -2.28. The fourth-order valence-electron chi connectivity index (χ4n) is 2.63. The molecule has 0 aromatic heterocycles. The second-order valence-electron chi connectivity index (χ2n) is 6.98. The van der Waals surface area contributed by atoms with Gasteiger partial charge in [-0.25, -0.2) is 0 Å². The number of hydrogen-bond acceptors (Lipinski definition) is 5. The van der Waals surface area contributed by atoms with Crippen molar-refractivity contribution >= 4 is 34.4 Å². The van der Waals surface area contributed by atoms with Crippen molar-refractivity contribution in [3.05, 3.63) is 24.3 Å². The largest absolute Gasteiger partial charge is 0.495 e. The minimum absolute atomic E-state index is 0.0115. The third-order valence-electron chi connectivity index (χ3n) is 3.67. The molecule has 0 spiro atoms. The third kappa shape index (κ3) is 5.22. The summed E-state index contributed by atoms with van der Waals surface area (Å²) in [5.41, 5.74) is 0.134. The van der Waals surface area contributed by atoms with Gasteiger partial charge < -0.3 is 10.1 Å². The first kappa shape index (κ1) is 19.3. The lowest BCUT2D eigenvalue weighted by Crippen LogP contribution is -2.48. The quantitative estimate of drug-likeness (QED) is 0.867. The van der Waals surface area contributed by atoms with E-state index in [1.807, 2.05) is 20.8 Å². The number of rotatable bonds is 5. The minimum atomic E-state index is -0.412. The van der Waals surface area contributed by atoms with Crippen molar-refractivity contribution in [1.82, 2.24) is 5.32 Å². The summed E-state index contributed by atoms with van der Waals surface area (Å²) in [4.78, 5) is 38.4. The zero-order valence-corrected chi connectivity index (χ0v) is 15.8. The Kier molecular flexibility index (Phi) is 6.11.